The van der Waals surface area contributed by atoms with Gasteiger partial charge in [0.05, 0.1) is 26.0 Å². The highest BCUT2D eigenvalue weighted by molar-refractivity contribution is 7.80. The number of ether oxygens (including phenoxy) is 2. The number of thiocarbonyl (C=S) groups is 1. The molecule has 136 valence electrons. The van der Waals surface area contributed by atoms with Crippen molar-refractivity contribution in [2.24, 2.45) is 5.10 Å². The second-order valence-corrected chi connectivity index (χ2v) is 6.28. The molecule has 1 saturated heterocycles. The lowest BCUT2D eigenvalue weighted by Gasteiger charge is -2.24. The highest BCUT2D eigenvalue weighted by atomic mass is 32.1. The third kappa shape index (κ3) is 6.12. The summed E-state index contributed by atoms with van der Waals surface area (Å²) in [4.78, 5) is 1.50. The van der Waals surface area contributed by atoms with Crippen molar-refractivity contribution in [2.45, 2.75) is 13.5 Å². The minimum Gasteiger partial charge on any atom is -0.496 e. The fourth-order valence-corrected chi connectivity index (χ4v) is 2.78. The van der Waals surface area contributed by atoms with Gasteiger partial charge in [-0.15, -0.1) is 6.58 Å². The maximum absolute atomic E-state index is 5.52. The number of rotatable bonds is 7. The lowest BCUT2D eigenvalue weighted by Crippen LogP contribution is -3.12. The Labute approximate surface area is 154 Å². The number of hydrazone groups is 1. The van der Waals surface area contributed by atoms with Crippen LogP contribution in [0, 0.1) is 0 Å². The van der Waals surface area contributed by atoms with E-state index >= 15 is 0 Å². The van der Waals surface area contributed by atoms with Crippen LogP contribution in [0.4, 0.5) is 0 Å². The van der Waals surface area contributed by atoms with Crippen LogP contribution in [0.3, 0.4) is 0 Å². The summed E-state index contributed by atoms with van der Waals surface area (Å²) in [7, 11) is 1.71. The van der Waals surface area contributed by atoms with Crippen LogP contribution in [-0.2, 0) is 11.3 Å². The van der Waals surface area contributed by atoms with Crippen molar-refractivity contribution in [3.63, 3.8) is 0 Å². The van der Waals surface area contributed by atoms with Crippen LogP contribution in [0.15, 0.2) is 36.0 Å². The Hall–Kier alpha value is -1.96. The molecule has 0 bridgehead atoms. The van der Waals surface area contributed by atoms with Gasteiger partial charge in [-0.2, -0.15) is 5.10 Å². The van der Waals surface area contributed by atoms with Gasteiger partial charge in [0.2, 0.25) is 0 Å². The van der Waals surface area contributed by atoms with Crippen molar-refractivity contribution < 1.29 is 14.4 Å². The third-order valence-corrected chi connectivity index (χ3v) is 4.31. The summed E-state index contributed by atoms with van der Waals surface area (Å²) >= 11 is 5.15. The number of benzene rings is 1. The molecule has 0 spiro atoms. The number of nitrogens with one attached hydrogen (secondary N) is 3. The Morgan fingerprint density at radius 3 is 2.88 bits per heavy atom. The molecule has 3 N–H and O–H groups in total. The van der Waals surface area contributed by atoms with Gasteiger partial charge in [-0.25, -0.2) is 0 Å². The Kier molecular flexibility index (Phi) is 7.84. The summed E-state index contributed by atoms with van der Waals surface area (Å²) < 4.78 is 11.0. The number of nitrogens with zero attached hydrogens (tertiary/aromatic N) is 1. The van der Waals surface area contributed by atoms with Gasteiger partial charge in [-0.05, 0) is 42.9 Å². The van der Waals surface area contributed by atoms with Gasteiger partial charge in [0.25, 0.3) is 0 Å². The zero-order valence-electron chi connectivity index (χ0n) is 14.9. The summed E-state index contributed by atoms with van der Waals surface area (Å²) in [6, 6.07) is 6.15. The van der Waals surface area contributed by atoms with Crippen LogP contribution in [0.1, 0.15) is 18.1 Å². The molecule has 7 heteroatoms. The number of hydrogen-bond acceptors (Lipinski definition) is 4. The first kappa shape index (κ1) is 19.4. The standard InChI is InChI=1S/C18H26N4O2S/c1-4-7-19-18(25)21-20-14(2)15-5-6-17(23-3)16(12-15)13-22-8-10-24-11-9-22/h4-6,12H,1,7-11,13H2,2-3H3,(H2,19,21,25)/p+1/b20-14-. The van der Waals surface area contributed by atoms with E-state index in [1.165, 1.54) is 10.5 Å². The van der Waals surface area contributed by atoms with E-state index in [4.69, 9.17) is 21.7 Å². The van der Waals surface area contributed by atoms with Crippen LogP contribution >= 0.6 is 12.2 Å². The fourth-order valence-electron chi connectivity index (χ4n) is 2.65. The summed E-state index contributed by atoms with van der Waals surface area (Å²) in [5.41, 5.74) is 5.94. The lowest BCUT2D eigenvalue weighted by atomic mass is 10.1. The van der Waals surface area contributed by atoms with E-state index in [0.29, 0.717) is 11.7 Å². The number of quaternary nitrogens is 1. The molecule has 1 aromatic carbocycles. The first-order valence-corrected chi connectivity index (χ1v) is 8.82. The molecule has 2 rings (SSSR count). The highest BCUT2D eigenvalue weighted by Crippen LogP contribution is 2.19. The molecule has 0 amide bonds. The molecule has 1 fully saturated rings. The van der Waals surface area contributed by atoms with Crippen molar-refractivity contribution in [3.8, 4) is 5.75 Å². The molecule has 1 aliphatic rings. The quantitative estimate of drug-likeness (QED) is 0.285. The molecular weight excluding hydrogens is 336 g/mol. The Balaban J connectivity index is 2.08. The molecule has 1 heterocycles. The molecule has 25 heavy (non-hydrogen) atoms. The van der Waals surface area contributed by atoms with E-state index in [2.05, 4.69) is 28.5 Å². The van der Waals surface area contributed by atoms with Crippen molar-refractivity contribution >= 4 is 23.0 Å². The molecule has 0 saturated carbocycles. The maximum Gasteiger partial charge on any atom is 0.187 e. The second kappa shape index (κ2) is 10.1. The molecular formula is C18H27N4O2S+. The van der Waals surface area contributed by atoms with Gasteiger partial charge in [0.1, 0.15) is 25.4 Å². The van der Waals surface area contributed by atoms with Crippen molar-refractivity contribution in [1.82, 2.24) is 10.7 Å². The van der Waals surface area contributed by atoms with Gasteiger partial charge in [-0.3, -0.25) is 5.43 Å². The summed E-state index contributed by atoms with van der Waals surface area (Å²) in [5.74, 6) is 0.909. The van der Waals surface area contributed by atoms with Crippen LogP contribution < -0.4 is 20.4 Å². The van der Waals surface area contributed by atoms with Crippen molar-refractivity contribution in [3.05, 3.63) is 42.0 Å². The zero-order valence-corrected chi connectivity index (χ0v) is 15.7. The predicted molar refractivity (Wildman–Crippen MR) is 104 cm³/mol. The van der Waals surface area contributed by atoms with E-state index in [9.17, 15) is 0 Å². The number of methoxy groups -OCH3 is 1. The normalized spacial score (nSPS) is 15.5. The van der Waals surface area contributed by atoms with Crippen LogP contribution in [-0.4, -0.2) is 50.8 Å². The Morgan fingerprint density at radius 2 is 2.20 bits per heavy atom. The van der Waals surface area contributed by atoms with Gasteiger partial charge in [-0.1, -0.05) is 6.08 Å². The molecule has 0 aromatic heterocycles. The molecule has 6 nitrogen and oxygen atoms in total. The van der Waals surface area contributed by atoms with Crippen molar-refractivity contribution in [2.75, 3.05) is 40.0 Å². The zero-order chi connectivity index (χ0) is 18.1. The van der Waals surface area contributed by atoms with E-state index in [0.717, 1.165) is 49.9 Å². The minimum absolute atomic E-state index is 0.478. The van der Waals surface area contributed by atoms with E-state index < -0.39 is 0 Å². The second-order valence-electron chi connectivity index (χ2n) is 5.87. The molecule has 0 radical (unpaired) electrons. The first-order valence-electron chi connectivity index (χ1n) is 8.41. The highest BCUT2D eigenvalue weighted by Gasteiger charge is 2.17. The number of hydrogen-bond donors (Lipinski definition) is 3. The summed E-state index contributed by atoms with van der Waals surface area (Å²) in [6.07, 6.45) is 1.74. The topological polar surface area (TPSA) is 59.3 Å². The molecule has 0 unspecified atom stereocenters. The average molecular weight is 364 g/mol. The minimum atomic E-state index is 0.478. The monoisotopic (exact) mass is 363 g/mol. The SMILES string of the molecule is C=CCNC(=S)N/N=C(/C)c1ccc(OC)c(C[NH+]2CCOCC2)c1. The average Bonchev–Trinajstić information content (AvgIpc) is 2.65. The largest absolute Gasteiger partial charge is 0.496 e. The first-order chi connectivity index (χ1) is 12.1. The van der Waals surface area contributed by atoms with E-state index in [-0.39, 0.29) is 0 Å². The van der Waals surface area contributed by atoms with Gasteiger partial charge in [0, 0.05) is 12.1 Å². The summed E-state index contributed by atoms with van der Waals surface area (Å²) in [6.45, 7) is 10.8. The molecule has 1 aliphatic heterocycles. The summed E-state index contributed by atoms with van der Waals surface area (Å²) in [5, 5.41) is 7.81. The molecule has 1 aromatic rings. The molecule has 0 aliphatic carbocycles. The van der Waals surface area contributed by atoms with Crippen LogP contribution in [0.5, 0.6) is 5.75 Å². The van der Waals surface area contributed by atoms with Crippen LogP contribution in [0.25, 0.3) is 0 Å². The predicted octanol–water partition coefficient (Wildman–Crippen LogP) is 0.484. The van der Waals surface area contributed by atoms with Crippen molar-refractivity contribution in [1.29, 1.82) is 0 Å². The van der Waals surface area contributed by atoms with Gasteiger partial charge < -0.3 is 19.7 Å². The van der Waals surface area contributed by atoms with E-state index in [1.807, 2.05) is 19.1 Å². The van der Waals surface area contributed by atoms with E-state index in [1.54, 1.807) is 13.2 Å². The number of morpholine rings is 1. The molecule has 0 atom stereocenters. The maximum atomic E-state index is 5.52. The van der Waals surface area contributed by atoms with Crippen LogP contribution in [0.2, 0.25) is 0 Å². The Morgan fingerprint density at radius 1 is 1.44 bits per heavy atom. The fraction of sp³-hybridized carbons (Fsp3) is 0.444. The smallest absolute Gasteiger partial charge is 0.187 e. The Bertz CT molecular complexity index is 628. The lowest BCUT2D eigenvalue weighted by molar-refractivity contribution is -0.921. The third-order valence-electron chi connectivity index (χ3n) is 4.07. The van der Waals surface area contributed by atoms with Gasteiger partial charge in [0.15, 0.2) is 5.11 Å². The van der Waals surface area contributed by atoms with Gasteiger partial charge >= 0.3 is 0 Å².